The van der Waals surface area contributed by atoms with Gasteiger partial charge in [0.05, 0.1) is 0 Å². The van der Waals surface area contributed by atoms with Crippen molar-refractivity contribution >= 4 is 69.6 Å². The quantitative estimate of drug-likeness (QED) is 0.388. The lowest BCUT2D eigenvalue weighted by Gasteiger charge is -1.89. The van der Waals surface area contributed by atoms with Gasteiger partial charge in [0, 0.05) is 0 Å². The summed E-state index contributed by atoms with van der Waals surface area (Å²) in [4.78, 5) is -3.56. The van der Waals surface area contributed by atoms with Crippen LogP contribution in [0.1, 0.15) is 0 Å². The van der Waals surface area contributed by atoms with Crippen LogP contribution in [-0.2, 0) is 0 Å². The second-order valence-electron chi connectivity index (χ2n) is 1.10. The van der Waals surface area contributed by atoms with Crippen molar-refractivity contribution in [3.8, 4) is 0 Å². The molecule has 11 heteroatoms. The Morgan fingerprint density at radius 2 is 0.786 bits per heavy atom. The molecule has 0 aromatic heterocycles. The van der Waals surface area contributed by atoms with E-state index in [0.29, 0.717) is 0 Å². The highest BCUT2D eigenvalue weighted by Gasteiger charge is 2.17. The van der Waals surface area contributed by atoms with E-state index >= 15 is 0 Å². The van der Waals surface area contributed by atoms with Gasteiger partial charge in [-0.1, -0.05) is 11.6 Å². The summed E-state index contributed by atoms with van der Waals surface area (Å²) >= 11 is 25.0. The second kappa shape index (κ2) is 9.60. The molecule has 0 radical (unpaired) electrons. The summed E-state index contributed by atoms with van der Waals surface area (Å²) in [5.74, 6) is -2.69. The molecular weight excluding hydrogens is 344 g/mol. The molecule has 0 fully saturated rings. The largest absolute Gasteiger partial charge is 0.401 e. The molecule has 0 saturated carbocycles. The van der Waals surface area contributed by atoms with Crippen LogP contribution in [0.3, 0.4) is 0 Å². The Morgan fingerprint density at radius 1 is 0.786 bits per heavy atom. The molecule has 0 nitrogen and oxygen atoms in total. The lowest BCUT2D eigenvalue weighted by molar-refractivity contribution is 0.194. The van der Waals surface area contributed by atoms with E-state index in [1.165, 1.54) is 0 Å². The van der Waals surface area contributed by atoms with Crippen LogP contribution >= 0.6 is 69.6 Å². The Kier molecular flexibility index (Phi) is 14.2. The van der Waals surface area contributed by atoms with Gasteiger partial charge in [0.25, 0.3) is 0 Å². The number of hydrogen-bond donors (Lipinski definition) is 0. The van der Waals surface area contributed by atoms with Gasteiger partial charge < -0.3 is 0 Å². The normalized spacial score (nSPS) is 11.1. The maximum Gasteiger partial charge on any atom is 0.401 e. The van der Waals surface area contributed by atoms with E-state index in [0.717, 1.165) is 0 Å². The van der Waals surface area contributed by atoms with Gasteiger partial charge in [-0.15, -0.1) is 0 Å². The standard InChI is InChI=1S/CCl3F.CCl2F2.CHClF2/c2*2-1(3,4)5;2-1(3)4/h;;1H. The van der Waals surface area contributed by atoms with Crippen molar-refractivity contribution in [3.05, 3.63) is 0 Å². The van der Waals surface area contributed by atoms with Crippen molar-refractivity contribution in [2.45, 2.75) is 14.8 Å². The molecule has 0 atom stereocenters. The monoisotopic (exact) mass is 342 g/mol. The molecule has 14 heavy (non-hydrogen) atoms. The SMILES string of the molecule is FC(Cl)(Cl)Cl.FC(F)(Cl)Cl.FC(F)Cl. The van der Waals surface area contributed by atoms with Crippen LogP contribution < -0.4 is 0 Å². The number of alkyl halides is 11. The number of rotatable bonds is 0. The summed E-state index contributed by atoms with van der Waals surface area (Å²) in [6.45, 7) is 0. The van der Waals surface area contributed by atoms with Gasteiger partial charge in [0.2, 0.25) is 0 Å². The van der Waals surface area contributed by atoms with E-state index in [9.17, 15) is 22.0 Å². The molecule has 0 aromatic rings. The minimum absolute atomic E-state index is 2.58. The third-order valence-corrected chi connectivity index (χ3v) is 0. The van der Waals surface area contributed by atoms with Crippen LogP contribution in [0.15, 0.2) is 0 Å². The van der Waals surface area contributed by atoms with E-state index in [4.69, 9.17) is 0 Å². The van der Waals surface area contributed by atoms with Crippen molar-refractivity contribution < 1.29 is 22.0 Å². The van der Waals surface area contributed by atoms with Crippen molar-refractivity contribution in [1.29, 1.82) is 0 Å². The Morgan fingerprint density at radius 3 is 0.786 bits per heavy atom. The van der Waals surface area contributed by atoms with E-state index in [2.05, 4.69) is 69.6 Å². The lowest BCUT2D eigenvalue weighted by Crippen LogP contribution is -1.86. The average Bonchev–Trinajstić information content (AvgIpc) is 1.45. The first-order valence-corrected chi connectivity index (χ1v) is 4.49. The highest BCUT2D eigenvalue weighted by atomic mass is 35.6. The second-order valence-corrected chi connectivity index (χ2v) is 4.72. The van der Waals surface area contributed by atoms with E-state index in [1.54, 1.807) is 0 Å². The first-order chi connectivity index (χ1) is 5.73. The van der Waals surface area contributed by atoms with Crippen LogP contribution in [0.25, 0.3) is 0 Å². The Balaban J connectivity index is -0.000000131. The van der Waals surface area contributed by atoms with Crippen molar-refractivity contribution in [2.24, 2.45) is 0 Å². The molecular formula is C3HCl6F5. The van der Waals surface area contributed by atoms with Crippen LogP contribution in [0.5, 0.6) is 0 Å². The molecule has 90 valence electrons. The molecule has 0 aliphatic carbocycles. The van der Waals surface area contributed by atoms with Gasteiger partial charge in [-0.2, -0.15) is 22.0 Å². The highest BCUT2D eigenvalue weighted by Crippen LogP contribution is 2.26. The fourth-order valence-electron chi connectivity index (χ4n) is 0. The molecule has 0 aliphatic heterocycles. The van der Waals surface area contributed by atoms with E-state index in [-0.39, 0.29) is 0 Å². The predicted molar refractivity (Wildman–Crippen MR) is 49.9 cm³/mol. The molecule has 0 aromatic carbocycles. The van der Waals surface area contributed by atoms with Crippen LogP contribution in [0, 0.1) is 0 Å². The Bertz CT molecular complexity index is 90.9. The van der Waals surface area contributed by atoms with Crippen LogP contribution in [0.4, 0.5) is 22.0 Å². The summed E-state index contributed by atoms with van der Waals surface area (Å²) in [6, 6.07) is 0. The molecule has 0 N–H and O–H groups in total. The molecule has 0 unspecified atom stereocenters. The number of halogens is 11. The minimum Gasteiger partial charge on any atom is -0.192 e. The van der Waals surface area contributed by atoms with Crippen molar-refractivity contribution in [3.63, 3.8) is 0 Å². The summed E-state index contributed by atoms with van der Waals surface area (Å²) in [7, 11) is 0. The smallest absolute Gasteiger partial charge is 0.192 e. The predicted octanol–water partition coefficient (Wildman–Crippen LogP) is 5.75. The zero-order chi connectivity index (χ0) is 12.6. The summed E-state index contributed by atoms with van der Waals surface area (Å²) in [6.07, 6.45) is 0. The molecule has 0 rings (SSSR count). The molecule has 0 saturated heterocycles. The van der Waals surface area contributed by atoms with Gasteiger partial charge in [0.15, 0.2) is 0 Å². The first kappa shape index (κ1) is 20.8. The molecule has 0 spiro atoms. The molecule has 0 heterocycles. The van der Waals surface area contributed by atoms with Crippen LogP contribution in [0.2, 0.25) is 0 Å². The summed E-state index contributed by atoms with van der Waals surface area (Å²) in [5, 5.41) is 0. The number of hydrogen-bond acceptors (Lipinski definition) is 0. The van der Waals surface area contributed by atoms with Crippen LogP contribution in [-0.4, -0.2) is 14.8 Å². The van der Waals surface area contributed by atoms with Crippen molar-refractivity contribution in [1.82, 2.24) is 0 Å². The molecule has 0 amide bonds. The zero-order valence-electron chi connectivity index (χ0n) is 5.73. The van der Waals surface area contributed by atoms with Gasteiger partial charge in [-0.05, 0) is 58.0 Å². The maximum atomic E-state index is 11.0. The van der Waals surface area contributed by atoms with Gasteiger partial charge in [0.1, 0.15) is 0 Å². The van der Waals surface area contributed by atoms with E-state index in [1.807, 2.05) is 0 Å². The topological polar surface area (TPSA) is 0 Å². The maximum absolute atomic E-state index is 11.0. The average molecular weight is 345 g/mol. The molecule has 0 bridgehead atoms. The van der Waals surface area contributed by atoms with Crippen molar-refractivity contribution in [2.75, 3.05) is 0 Å². The Labute approximate surface area is 106 Å². The lowest BCUT2D eigenvalue weighted by atomic mass is 11.7. The van der Waals surface area contributed by atoms with Gasteiger partial charge >= 0.3 is 14.8 Å². The summed E-state index contributed by atoms with van der Waals surface area (Å²) < 4.78 is 49.7. The van der Waals surface area contributed by atoms with Gasteiger partial charge in [-0.3, -0.25) is 0 Å². The first-order valence-electron chi connectivity index (χ1n) is 2.17. The Hall–Kier alpha value is 1.39. The fourth-order valence-corrected chi connectivity index (χ4v) is 0. The summed E-state index contributed by atoms with van der Waals surface area (Å²) in [5.41, 5.74) is 0. The third kappa shape index (κ3) is 1060. The molecule has 0 aliphatic rings. The van der Waals surface area contributed by atoms with E-state index < -0.39 is 14.8 Å². The third-order valence-electron chi connectivity index (χ3n) is 0. The fraction of sp³-hybridized carbons (Fsp3) is 1.00. The minimum atomic E-state index is -3.56. The van der Waals surface area contributed by atoms with Gasteiger partial charge in [-0.25, -0.2) is 0 Å². The highest BCUT2D eigenvalue weighted by molar-refractivity contribution is 6.66. The zero-order valence-corrected chi connectivity index (χ0v) is 10.3.